The number of ether oxygens (including phenoxy) is 2. The number of pyridine rings is 1. The van der Waals surface area contributed by atoms with Crippen LogP contribution in [0.5, 0.6) is 5.75 Å². The molecule has 1 saturated heterocycles. The van der Waals surface area contributed by atoms with E-state index in [-0.39, 0.29) is 24.1 Å². The van der Waals surface area contributed by atoms with Gasteiger partial charge >= 0.3 is 12.1 Å². The summed E-state index contributed by atoms with van der Waals surface area (Å²) in [5.74, 6) is 1.68. The van der Waals surface area contributed by atoms with Gasteiger partial charge in [-0.05, 0) is 48.9 Å². The number of amides is 4. The van der Waals surface area contributed by atoms with Crippen molar-refractivity contribution in [3.8, 4) is 11.4 Å². The molecule has 3 heterocycles. The lowest BCUT2D eigenvalue weighted by atomic mass is 9.92. The molecule has 0 spiro atoms. The summed E-state index contributed by atoms with van der Waals surface area (Å²) in [5.41, 5.74) is 4.14. The van der Waals surface area contributed by atoms with Gasteiger partial charge in [0.2, 0.25) is 0 Å². The molecule has 0 atom stereocenters. The maximum atomic E-state index is 13.4. The van der Waals surface area contributed by atoms with Crippen molar-refractivity contribution in [1.82, 2.24) is 19.7 Å². The number of hydrogen-bond acceptors (Lipinski definition) is 6. The predicted molar refractivity (Wildman–Crippen MR) is 184 cm³/mol. The average molecular weight is 634 g/mol. The fraction of sp³-hybridized carbons (Fsp3) is 0.278. The number of aryl methyl sites for hydroxylation is 1. The Labute approximate surface area is 273 Å². The first-order valence-corrected chi connectivity index (χ1v) is 15.6. The molecule has 2 aromatic heterocycles. The van der Waals surface area contributed by atoms with Crippen LogP contribution >= 0.6 is 0 Å². The van der Waals surface area contributed by atoms with Gasteiger partial charge in [0.15, 0.2) is 0 Å². The summed E-state index contributed by atoms with van der Waals surface area (Å²) in [7, 11) is 0. The summed E-state index contributed by atoms with van der Waals surface area (Å²) < 4.78 is 13.3. The van der Waals surface area contributed by atoms with Gasteiger partial charge < -0.3 is 19.7 Å². The highest BCUT2D eigenvalue weighted by molar-refractivity contribution is 6.07. The number of aromatic nitrogens is 3. The molecule has 1 fully saturated rings. The van der Waals surface area contributed by atoms with E-state index in [1.807, 2.05) is 79.7 Å². The molecule has 1 aliphatic heterocycles. The number of benzene rings is 3. The van der Waals surface area contributed by atoms with E-state index >= 15 is 0 Å². The third kappa shape index (κ3) is 7.53. The number of anilines is 3. The summed E-state index contributed by atoms with van der Waals surface area (Å²) in [5, 5.41) is 15.4. The van der Waals surface area contributed by atoms with Crippen LogP contribution in [-0.2, 0) is 16.8 Å². The van der Waals surface area contributed by atoms with Crippen LogP contribution in [0.4, 0.5) is 26.9 Å². The van der Waals surface area contributed by atoms with Crippen LogP contribution in [0, 0.1) is 6.92 Å². The molecule has 3 aromatic carbocycles. The molecule has 3 N–H and O–H groups in total. The van der Waals surface area contributed by atoms with Gasteiger partial charge in [0.05, 0.1) is 30.3 Å². The molecular formula is C36H39N7O4. The van der Waals surface area contributed by atoms with Crippen LogP contribution in [0.25, 0.3) is 16.5 Å². The first-order chi connectivity index (χ1) is 22.6. The maximum absolute atomic E-state index is 13.4. The maximum Gasteiger partial charge on any atom is 0.324 e. The zero-order chi connectivity index (χ0) is 33.0. The lowest BCUT2D eigenvalue weighted by Crippen LogP contribution is -2.43. The van der Waals surface area contributed by atoms with Crippen LogP contribution in [-0.4, -0.2) is 58.0 Å². The second-order valence-electron chi connectivity index (χ2n) is 12.5. The zero-order valence-electron chi connectivity index (χ0n) is 27.0. The lowest BCUT2D eigenvalue weighted by Gasteiger charge is -2.26. The van der Waals surface area contributed by atoms with Gasteiger partial charge in [-0.3, -0.25) is 10.6 Å². The molecule has 11 nitrogen and oxygen atoms in total. The van der Waals surface area contributed by atoms with Gasteiger partial charge in [0.1, 0.15) is 24.0 Å². The molecule has 11 heteroatoms. The SMILES string of the molecule is Cc1ccc(-n2nc(C(C)(C)C)cc2NC(=O)Nc2ccc(OCc3ccnc(NC(=O)N4CCOCC4)c3)c3ccccc23)cc1. The largest absolute Gasteiger partial charge is 0.488 e. The molecule has 5 aromatic rings. The van der Waals surface area contributed by atoms with Crippen molar-refractivity contribution < 1.29 is 19.1 Å². The summed E-state index contributed by atoms with van der Waals surface area (Å²) in [6, 6.07) is 24.4. The minimum absolute atomic E-state index is 0.203. The van der Waals surface area contributed by atoms with Crippen molar-refractivity contribution in [2.45, 2.75) is 39.7 Å². The van der Waals surface area contributed by atoms with E-state index < -0.39 is 0 Å². The van der Waals surface area contributed by atoms with Crippen LogP contribution in [0.3, 0.4) is 0 Å². The number of hydrogen-bond donors (Lipinski definition) is 3. The van der Waals surface area contributed by atoms with Crippen molar-refractivity contribution >= 4 is 40.2 Å². The monoisotopic (exact) mass is 633 g/mol. The highest BCUT2D eigenvalue weighted by Gasteiger charge is 2.22. The van der Waals surface area contributed by atoms with Gasteiger partial charge in [-0.1, -0.05) is 62.7 Å². The minimum Gasteiger partial charge on any atom is -0.488 e. The number of fused-ring (bicyclic) bond motifs is 1. The van der Waals surface area contributed by atoms with Gasteiger partial charge in [-0.25, -0.2) is 19.3 Å². The molecule has 0 radical (unpaired) electrons. The van der Waals surface area contributed by atoms with Crippen molar-refractivity contribution in [2.24, 2.45) is 0 Å². The first-order valence-electron chi connectivity index (χ1n) is 15.6. The number of nitrogens with one attached hydrogen (secondary N) is 3. The van der Waals surface area contributed by atoms with Gasteiger partial charge in [-0.15, -0.1) is 0 Å². The molecule has 47 heavy (non-hydrogen) atoms. The molecule has 0 saturated carbocycles. The van der Waals surface area contributed by atoms with E-state index in [1.54, 1.807) is 21.8 Å². The zero-order valence-corrected chi connectivity index (χ0v) is 27.0. The van der Waals surface area contributed by atoms with E-state index in [0.717, 1.165) is 33.3 Å². The normalized spacial score (nSPS) is 13.3. The van der Waals surface area contributed by atoms with E-state index in [2.05, 4.69) is 41.7 Å². The Kier molecular flexibility index (Phi) is 9.08. The number of urea groups is 2. The van der Waals surface area contributed by atoms with Crippen LogP contribution < -0.4 is 20.7 Å². The Morgan fingerprint density at radius 1 is 0.894 bits per heavy atom. The standard InChI is InChI=1S/C36H39N7O4/c1-24-9-11-26(12-10-24)43-33(22-31(41-43)36(2,3)4)40-34(44)38-29-13-14-30(28-8-6-5-7-27(28)29)47-23-25-15-16-37-32(21-25)39-35(45)42-17-19-46-20-18-42/h5-16,21-22H,17-20,23H2,1-4H3,(H,37,39,45)(H2,38,40,44). The van der Waals surface area contributed by atoms with Gasteiger partial charge in [-0.2, -0.15) is 5.10 Å². The summed E-state index contributed by atoms with van der Waals surface area (Å²) >= 11 is 0. The first kappa shape index (κ1) is 31.6. The highest BCUT2D eigenvalue weighted by atomic mass is 16.5. The second kappa shape index (κ2) is 13.5. The molecule has 6 rings (SSSR count). The Hall–Kier alpha value is -5.42. The van der Waals surface area contributed by atoms with Crippen LogP contribution in [0.2, 0.25) is 0 Å². The smallest absolute Gasteiger partial charge is 0.324 e. The van der Waals surface area contributed by atoms with Gasteiger partial charge in [0, 0.05) is 41.5 Å². The number of rotatable bonds is 7. The van der Waals surface area contributed by atoms with E-state index in [9.17, 15) is 9.59 Å². The summed E-state index contributed by atoms with van der Waals surface area (Å²) in [6.45, 7) is 10.7. The van der Waals surface area contributed by atoms with E-state index in [0.29, 0.717) is 49.4 Å². The Morgan fingerprint density at radius 3 is 2.38 bits per heavy atom. The number of carbonyl (C=O) groups is 2. The quantitative estimate of drug-likeness (QED) is 0.176. The minimum atomic E-state index is -0.388. The third-order valence-corrected chi connectivity index (χ3v) is 7.88. The summed E-state index contributed by atoms with van der Waals surface area (Å²) in [4.78, 5) is 32.0. The van der Waals surface area contributed by atoms with Crippen molar-refractivity contribution in [3.63, 3.8) is 0 Å². The van der Waals surface area contributed by atoms with Gasteiger partial charge in [0.25, 0.3) is 0 Å². The fourth-order valence-corrected chi connectivity index (χ4v) is 5.24. The van der Waals surface area contributed by atoms with Crippen molar-refractivity contribution in [3.05, 3.63) is 102 Å². The molecule has 0 unspecified atom stereocenters. The molecular weight excluding hydrogens is 594 g/mol. The average Bonchev–Trinajstić information content (AvgIpc) is 3.49. The Balaban J connectivity index is 1.16. The highest BCUT2D eigenvalue weighted by Crippen LogP contribution is 2.33. The van der Waals surface area contributed by atoms with E-state index in [4.69, 9.17) is 14.6 Å². The number of morpholine rings is 1. The van der Waals surface area contributed by atoms with Crippen molar-refractivity contribution in [2.75, 3.05) is 42.3 Å². The second-order valence-corrected chi connectivity index (χ2v) is 12.5. The topological polar surface area (TPSA) is 123 Å². The van der Waals surface area contributed by atoms with Crippen LogP contribution in [0.1, 0.15) is 37.6 Å². The predicted octanol–water partition coefficient (Wildman–Crippen LogP) is 7.11. The number of carbonyl (C=O) groups excluding carboxylic acids is 2. The fourth-order valence-electron chi connectivity index (χ4n) is 5.24. The van der Waals surface area contributed by atoms with Crippen molar-refractivity contribution in [1.29, 1.82) is 0 Å². The van der Waals surface area contributed by atoms with E-state index in [1.165, 1.54) is 0 Å². The molecule has 4 amide bonds. The molecule has 1 aliphatic rings. The molecule has 242 valence electrons. The lowest BCUT2D eigenvalue weighted by molar-refractivity contribution is 0.0564. The summed E-state index contributed by atoms with van der Waals surface area (Å²) in [6.07, 6.45) is 1.65. The van der Waals surface area contributed by atoms with Crippen LogP contribution in [0.15, 0.2) is 85.1 Å². The Morgan fingerprint density at radius 2 is 1.64 bits per heavy atom. The molecule has 0 aliphatic carbocycles. The Bertz CT molecular complexity index is 1890. The third-order valence-electron chi connectivity index (χ3n) is 7.88. The number of nitrogens with zero attached hydrogens (tertiary/aromatic N) is 4. The molecule has 0 bridgehead atoms.